The van der Waals surface area contributed by atoms with Crippen LogP contribution in [0.1, 0.15) is 134 Å². The van der Waals surface area contributed by atoms with Crippen molar-refractivity contribution in [3.63, 3.8) is 0 Å². The van der Waals surface area contributed by atoms with E-state index < -0.39 is 0 Å². The molecule has 2 rings (SSSR count). The summed E-state index contributed by atoms with van der Waals surface area (Å²) in [7, 11) is 0. The van der Waals surface area contributed by atoms with Crippen LogP contribution in [0.4, 0.5) is 0 Å². The predicted molar refractivity (Wildman–Crippen MR) is 150 cm³/mol. The van der Waals surface area contributed by atoms with Gasteiger partial charge in [0.05, 0.1) is 6.04 Å². The highest BCUT2D eigenvalue weighted by molar-refractivity contribution is 8.23. The molecule has 0 N–H and O–H groups in total. The first kappa shape index (κ1) is 28.4. The van der Waals surface area contributed by atoms with E-state index in [0.717, 1.165) is 22.9 Å². The number of unbranched alkanes of at least 4 members (excludes halogenated alkanes) is 16. The maximum Gasteiger partial charge on any atom is 0.228 e. The van der Waals surface area contributed by atoms with Crippen molar-refractivity contribution in [1.82, 2.24) is 4.90 Å². The summed E-state index contributed by atoms with van der Waals surface area (Å²) in [6.45, 7) is 2.29. The Bertz CT molecular complexity index is 648. The smallest absolute Gasteiger partial charge is 0.228 e. The van der Waals surface area contributed by atoms with E-state index in [1.807, 2.05) is 23.1 Å². The molecule has 33 heavy (non-hydrogen) atoms. The third-order valence-electron chi connectivity index (χ3n) is 6.82. The van der Waals surface area contributed by atoms with Crippen molar-refractivity contribution in [3.8, 4) is 0 Å². The minimum atomic E-state index is 0.113. The normalized spacial score (nSPS) is 16.0. The van der Waals surface area contributed by atoms with Crippen LogP contribution in [0.25, 0.3) is 0 Å². The number of hydrogen-bond donors (Lipinski definition) is 0. The number of thiocarbonyl (C=S) groups is 1. The van der Waals surface area contributed by atoms with E-state index in [9.17, 15) is 4.79 Å². The van der Waals surface area contributed by atoms with E-state index in [4.69, 9.17) is 12.2 Å². The Morgan fingerprint density at radius 3 is 1.73 bits per heavy atom. The Morgan fingerprint density at radius 2 is 1.24 bits per heavy atom. The number of carbonyl (C=O) groups is 1. The van der Waals surface area contributed by atoms with E-state index in [1.54, 1.807) is 11.8 Å². The third kappa shape index (κ3) is 11.9. The summed E-state index contributed by atoms with van der Waals surface area (Å²) in [5.74, 6) is 1.09. The highest BCUT2D eigenvalue weighted by atomic mass is 32.2. The Balaban J connectivity index is 1.41. The maximum atomic E-state index is 12.8. The second kappa shape index (κ2) is 18.5. The number of hydrogen-bond acceptors (Lipinski definition) is 3. The van der Waals surface area contributed by atoms with Gasteiger partial charge in [-0.15, -0.1) is 0 Å². The van der Waals surface area contributed by atoms with Crippen molar-refractivity contribution in [2.24, 2.45) is 0 Å². The van der Waals surface area contributed by atoms with Crippen molar-refractivity contribution in [2.75, 3.05) is 5.75 Å². The van der Waals surface area contributed by atoms with Gasteiger partial charge in [-0.05, 0) is 12.0 Å². The third-order valence-corrected chi connectivity index (χ3v) is 8.30. The van der Waals surface area contributed by atoms with E-state index in [1.165, 1.54) is 102 Å². The molecule has 1 aliphatic heterocycles. The Labute approximate surface area is 213 Å². The van der Waals surface area contributed by atoms with Gasteiger partial charge in [-0.1, -0.05) is 164 Å². The summed E-state index contributed by atoms with van der Waals surface area (Å²) in [6, 6.07) is 10.4. The minimum Gasteiger partial charge on any atom is -0.289 e. The highest BCUT2D eigenvalue weighted by Crippen LogP contribution is 2.36. The highest BCUT2D eigenvalue weighted by Gasteiger charge is 2.34. The molecule has 2 nitrogen and oxygen atoms in total. The molecule has 186 valence electrons. The van der Waals surface area contributed by atoms with E-state index in [0.29, 0.717) is 6.42 Å². The molecule has 1 heterocycles. The summed E-state index contributed by atoms with van der Waals surface area (Å²) in [4.78, 5) is 14.7. The Hall–Kier alpha value is -0.870. The quantitative estimate of drug-likeness (QED) is 0.142. The minimum absolute atomic E-state index is 0.113. The lowest BCUT2D eigenvalue weighted by Gasteiger charge is -2.24. The summed E-state index contributed by atoms with van der Waals surface area (Å²) in [5.41, 5.74) is 1.20. The SMILES string of the molecule is CCCCCCCCCCCCCCCCCCCC(=O)N1C(=S)SC[C@@H]1c1ccccc1. The summed E-state index contributed by atoms with van der Waals surface area (Å²) >= 11 is 7.12. The first-order valence-electron chi connectivity index (χ1n) is 13.8. The van der Waals surface area contributed by atoms with Crippen LogP contribution in [0, 0.1) is 0 Å². The number of nitrogens with zero attached hydrogens (tertiary/aromatic N) is 1. The molecule has 1 atom stereocenters. The second-order valence-corrected chi connectivity index (χ2v) is 11.3. The van der Waals surface area contributed by atoms with Crippen LogP contribution in [-0.2, 0) is 4.79 Å². The molecular formula is C29H47NOS2. The number of rotatable bonds is 19. The largest absolute Gasteiger partial charge is 0.289 e. The topological polar surface area (TPSA) is 20.3 Å². The molecule has 4 heteroatoms. The van der Waals surface area contributed by atoms with Crippen LogP contribution >= 0.6 is 24.0 Å². The van der Waals surface area contributed by atoms with Gasteiger partial charge in [0.15, 0.2) is 0 Å². The van der Waals surface area contributed by atoms with Gasteiger partial charge >= 0.3 is 0 Å². The second-order valence-electron chi connectivity index (χ2n) is 9.67. The van der Waals surface area contributed by atoms with Crippen molar-refractivity contribution < 1.29 is 4.79 Å². The lowest BCUT2D eigenvalue weighted by atomic mass is 10.0. The zero-order valence-electron chi connectivity index (χ0n) is 21.1. The molecule has 0 unspecified atom stereocenters. The van der Waals surface area contributed by atoms with Crippen LogP contribution in [0.3, 0.4) is 0 Å². The van der Waals surface area contributed by atoms with Crippen LogP contribution < -0.4 is 0 Å². The van der Waals surface area contributed by atoms with Crippen molar-refractivity contribution in [2.45, 2.75) is 129 Å². The van der Waals surface area contributed by atoms with E-state index >= 15 is 0 Å². The van der Waals surface area contributed by atoms with Gasteiger partial charge in [-0.25, -0.2) is 0 Å². The van der Waals surface area contributed by atoms with Crippen LogP contribution in [0.5, 0.6) is 0 Å². The molecule has 0 saturated carbocycles. The first-order valence-corrected chi connectivity index (χ1v) is 15.2. The molecule has 0 bridgehead atoms. The molecule has 1 aromatic rings. The van der Waals surface area contributed by atoms with Gasteiger partial charge in [0, 0.05) is 12.2 Å². The van der Waals surface area contributed by atoms with E-state index in [-0.39, 0.29) is 11.9 Å². The van der Waals surface area contributed by atoms with Gasteiger partial charge in [0.25, 0.3) is 0 Å². The van der Waals surface area contributed by atoms with Gasteiger partial charge in [0.1, 0.15) is 4.32 Å². The fraction of sp³-hybridized carbons (Fsp3) is 0.724. The number of benzene rings is 1. The van der Waals surface area contributed by atoms with Crippen LogP contribution in [0.15, 0.2) is 30.3 Å². The molecule has 0 aliphatic carbocycles. The van der Waals surface area contributed by atoms with Gasteiger partial charge < -0.3 is 0 Å². The van der Waals surface area contributed by atoms with Crippen molar-refractivity contribution >= 4 is 34.2 Å². The molecule has 1 saturated heterocycles. The maximum absolute atomic E-state index is 12.8. The summed E-state index contributed by atoms with van der Waals surface area (Å²) in [6.07, 6.45) is 23.8. The van der Waals surface area contributed by atoms with Crippen molar-refractivity contribution in [1.29, 1.82) is 0 Å². The molecule has 1 amide bonds. The molecule has 0 aromatic heterocycles. The molecule has 1 aromatic carbocycles. The average Bonchev–Trinajstić information content (AvgIpc) is 3.23. The average molecular weight is 490 g/mol. The Kier molecular flexibility index (Phi) is 15.9. The number of carbonyl (C=O) groups excluding carboxylic acids is 1. The van der Waals surface area contributed by atoms with Gasteiger partial charge in [0.2, 0.25) is 5.91 Å². The standard InChI is InChI=1S/C29H47NOS2/c1-2-3-4-5-6-7-8-9-10-11-12-13-14-15-16-17-21-24-28(31)30-27(25-33-29(30)32)26-22-19-18-20-23-26/h18-20,22-23,27H,2-17,21,24-25H2,1H3/t27-/m1/s1. The van der Waals surface area contributed by atoms with Gasteiger partial charge in [-0.2, -0.15) is 0 Å². The molecule has 0 radical (unpaired) electrons. The van der Waals surface area contributed by atoms with E-state index in [2.05, 4.69) is 19.1 Å². The summed E-state index contributed by atoms with van der Waals surface area (Å²) < 4.78 is 0.751. The fourth-order valence-electron chi connectivity index (χ4n) is 4.74. The number of thioether (sulfide) groups is 1. The van der Waals surface area contributed by atoms with Crippen LogP contribution in [0.2, 0.25) is 0 Å². The van der Waals surface area contributed by atoms with Crippen LogP contribution in [-0.4, -0.2) is 20.9 Å². The lowest BCUT2D eigenvalue weighted by Crippen LogP contribution is -2.33. The molecule has 1 aliphatic rings. The molecule has 0 spiro atoms. The zero-order chi connectivity index (χ0) is 23.6. The monoisotopic (exact) mass is 489 g/mol. The molecular weight excluding hydrogens is 442 g/mol. The predicted octanol–water partition coefficient (Wildman–Crippen LogP) is 9.63. The first-order chi connectivity index (χ1) is 16.2. The Morgan fingerprint density at radius 1 is 0.788 bits per heavy atom. The fourth-order valence-corrected chi connectivity index (χ4v) is 6.18. The summed E-state index contributed by atoms with van der Waals surface area (Å²) in [5, 5.41) is 0. The van der Waals surface area contributed by atoms with Crippen molar-refractivity contribution in [3.05, 3.63) is 35.9 Å². The lowest BCUT2D eigenvalue weighted by molar-refractivity contribution is -0.128. The zero-order valence-corrected chi connectivity index (χ0v) is 22.7. The van der Waals surface area contributed by atoms with Gasteiger partial charge in [-0.3, -0.25) is 9.69 Å². The number of amides is 1. The molecule has 1 fully saturated rings.